The molecular formula is C13H10ClN6OPS2. The molecule has 11 heteroatoms. The first-order valence-electron chi connectivity index (χ1n) is 6.73. The Hall–Kier alpha value is -1.93. The summed E-state index contributed by atoms with van der Waals surface area (Å²) in [7, 11) is 0. The zero-order valence-electron chi connectivity index (χ0n) is 11.9. The predicted octanol–water partition coefficient (Wildman–Crippen LogP) is 3.80. The maximum absolute atomic E-state index is 6.12. The maximum Gasteiger partial charge on any atom is 0.325 e. The van der Waals surface area contributed by atoms with Crippen LogP contribution in [0.25, 0.3) is 10.2 Å². The Labute approximate surface area is 151 Å². The lowest BCUT2D eigenvalue weighted by Crippen LogP contribution is -2.22. The highest BCUT2D eigenvalue weighted by atomic mass is 35.5. The van der Waals surface area contributed by atoms with Crippen molar-refractivity contribution in [2.24, 2.45) is 10.5 Å². The van der Waals surface area contributed by atoms with Crippen molar-refractivity contribution in [1.29, 1.82) is 0 Å². The van der Waals surface area contributed by atoms with E-state index in [2.05, 4.69) is 25.1 Å². The number of nitrogens with two attached hydrogens (primary N) is 1. The van der Waals surface area contributed by atoms with Crippen LogP contribution in [0.4, 0.5) is 10.9 Å². The van der Waals surface area contributed by atoms with E-state index in [9.17, 15) is 0 Å². The van der Waals surface area contributed by atoms with Crippen molar-refractivity contribution in [1.82, 2.24) is 9.97 Å². The molecule has 24 heavy (non-hydrogen) atoms. The van der Waals surface area contributed by atoms with Crippen LogP contribution in [-0.4, -0.2) is 15.9 Å². The predicted molar refractivity (Wildman–Crippen MR) is 103 cm³/mol. The molecule has 122 valence electrons. The van der Waals surface area contributed by atoms with Crippen LogP contribution in [0.3, 0.4) is 0 Å². The Bertz CT molecular complexity index is 994. The molecule has 0 saturated heterocycles. The number of hydrogen-bond donors (Lipinski definition) is 3. The van der Waals surface area contributed by atoms with Crippen molar-refractivity contribution >= 4 is 68.4 Å². The van der Waals surface area contributed by atoms with E-state index in [1.807, 2.05) is 12.1 Å². The molecule has 1 aliphatic heterocycles. The van der Waals surface area contributed by atoms with Crippen LogP contribution in [0.2, 0.25) is 5.02 Å². The number of pyridine rings is 1. The summed E-state index contributed by atoms with van der Waals surface area (Å²) in [6.07, 6.45) is 1.65. The first-order valence-corrected chi connectivity index (χ1v) is 10.6. The Morgan fingerprint density at radius 3 is 3.08 bits per heavy atom. The number of nitrogens with zero attached hydrogens (tertiary/aromatic N) is 3. The number of fused-ring (bicyclic) bond motifs is 2. The first-order chi connectivity index (χ1) is 11.5. The Morgan fingerprint density at radius 1 is 1.42 bits per heavy atom. The van der Waals surface area contributed by atoms with E-state index in [0.717, 1.165) is 4.70 Å². The lowest BCUT2D eigenvalue weighted by atomic mass is 10.3. The minimum Gasteiger partial charge on any atom is -0.428 e. The summed E-state index contributed by atoms with van der Waals surface area (Å²) in [5.74, 6) is 1.27. The average Bonchev–Trinajstić information content (AvgIpc) is 3.07. The van der Waals surface area contributed by atoms with E-state index in [-0.39, 0.29) is 5.96 Å². The number of benzene rings is 1. The number of thiazole rings is 1. The molecule has 3 aromatic rings. The highest BCUT2D eigenvalue weighted by molar-refractivity contribution is 8.12. The first kappa shape index (κ1) is 15.6. The molecule has 4 rings (SSSR count). The fourth-order valence-corrected chi connectivity index (χ4v) is 5.38. The van der Waals surface area contributed by atoms with Crippen molar-refractivity contribution in [3.8, 4) is 5.75 Å². The largest absolute Gasteiger partial charge is 0.428 e. The second-order valence-electron chi connectivity index (χ2n) is 4.79. The number of para-hydroxylation sites is 1. The van der Waals surface area contributed by atoms with Crippen LogP contribution >= 0.6 is 29.5 Å². The number of aromatic nitrogens is 2. The van der Waals surface area contributed by atoms with Crippen molar-refractivity contribution in [2.45, 2.75) is 0 Å². The van der Waals surface area contributed by atoms with Crippen LogP contribution in [0, 0.1) is 0 Å². The van der Waals surface area contributed by atoms with Gasteiger partial charge in [-0.15, -0.1) is 0 Å². The van der Waals surface area contributed by atoms with Crippen LogP contribution in [0.15, 0.2) is 41.3 Å². The van der Waals surface area contributed by atoms with Gasteiger partial charge >= 0.3 is 6.57 Å². The van der Waals surface area contributed by atoms with Crippen LogP contribution in [0.5, 0.6) is 5.75 Å². The van der Waals surface area contributed by atoms with Crippen molar-refractivity contribution in [3.63, 3.8) is 0 Å². The van der Waals surface area contributed by atoms with E-state index >= 15 is 0 Å². The third-order valence-corrected chi connectivity index (χ3v) is 6.48. The van der Waals surface area contributed by atoms with Gasteiger partial charge in [0.05, 0.1) is 9.72 Å². The van der Waals surface area contributed by atoms with Crippen LogP contribution in [-0.2, 0) is 11.8 Å². The zero-order valence-corrected chi connectivity index (χ0v) is 15.2. The summed E-state index contributed by atoms with van der Waals surface area (Å²) in [5, 5.41) is 7.11. The summed E-state index contributed by atoms with van der Waals surface area (Å²) in [6.45, 7) is -2.72. The third kappa shape index (κ3) is 2.91. The molecule has 1 aliphatic rings. The molecule has 0 spiro atoms. The second-order valence-corrected chi connectivity index (χ2v) is 9.36. The molecule has 0 saturated carbocycles. The molecule has 0 fully saturated rings. The zero-order chi connectivity index (χ0) is 16.7. The Kier molecular flexibility index (Phi) is 3.80. The molecule has 0 amide bonds. The number of anilines is 2. The van der Waals surface area contributed by atoms with Gasteiger partial charge in [0.15, 0.2) is 16.7 Å². The summed E-state index contributed by atoms with van der Waals surface area (Å²) < 4.78 is 10.9. The lowest BCUT2D eigenvalue weighted by molar-refractivity contribution is 0.632. The molecule has 7 nitrogen and oxygen atoms in total. The average molecular weight is 397 g/mol. The maximum atomic E-state index is 6.12. The number of hydrogen-bond acceptors (Lipinski definition) is 5. The van der Waals surface area contributed by atoms with Gasteiger partial charge in [-0.3, -0.25) is 5.09 Å². The molecule has 1 atom stereocenters. The standard InChI is InChI=1S/C13H10ClN6OPS2/c14-7-3-1-5-9-10(7)17-13(24-9)18-12(15)20-22(23)19-11-8(21-22)4-2-6-16-11/h1-6H,(H4,15,16,17,18,19,20,23). The molecule has 2 aromatic heterocycles. The number of guanidine groups is 1. The minimum absolute atomic E-state index is 0.119. The molecule has 1 aromatic carbocycles. The Morgan fingerprint density at radius 2 is 2.29 bits per heavy atom. The van der Waals surface area contributed by atoms with Crippen molar-refractivity contribution < 1.29 is 4.52 Å². The number of nitrogens with one attached hydrogen (secondary N) is 2. The Balaban J connectivity index is 1.57. The van der Waals surface area contributed by atoms with E-state index in [1.165, 1.54) is 11.3 Å². The summed E-state index contributed by atoms with van der Waals surface area (Å²) in [4.78, 5) is 8.56. The smallest absolute Gasteiger partial charge is 0.325 e. The minimum atomic E-state index is -2.72. The second kappa shape index (κ2) is 5.86. The SMILES string of the molecule is N/C(=N\P1(=S)Nc2ncccc2O1)Nc1nc2c(Cl)cccc2s1. The van der Waals surface area contributed by atoms with Crippen LogP contribution < -0.4 is 20.7 Å². The van der Waals surface area contributed by atoms with E-state index in [0.29, 0.717) is 27.2 Å². The van der Waals surface area contributed by atoms with Crippen LogP contribution in [0.1, 0.15) is 0 Å². The van der Waals surface area contributed by atoms with Gasteiger partial charge < -0.3 is 15.6 Å². The topological polar surface area (TPSA) is 97.5 Å². The van der Waals surface area contributed by atoms with Gasteiger partial charge in [0, 0.05) is 6.20 Å². The van der Waals surface area contributed by atoms with E-state index < -0.39 is 6.57 Å². The fraction of sp³-hybridized carbons (Fsp3) is 0. The lowest BCUT2D eigenvalue weighted by Gasteiger charge is -2.10. The van der Waals surface area contributed by atoms with Gasteiger partial charge in [-0.2, -0.15) is 4.76 Å². The van der Waals surface area contributed by atoms with Gasteiger partial charge in [-0.05, 0) is 36.1 Å². The quantitative estimate of drug-likeness (QED) is 0.344. The van der Waals surface area contributed by atoms with E-state index in [1.54, 1.807) is 24.4 Å². The third-order valence-electron chi connectivity index (χ3n) is 3.08. The van der Waals surface area contributed by atoms with Gasteiger partial charge in [0.1, 0.15) is 5.52 Å². The number of halogens is 1. The molecule has 4 N–H and O–H groups in total. The van der Waals surface area contributed by atoms with E-state index in [4.69, 9.17) is 33.7 Å². The monoisotopic (exact) mass is 396 g/mol. The van der Waals surface area contributed by atoms with Gasteiger partial charge in [-0.1, -0.05) is 29.0 Å². The fourth-order valence-electron chi connectivity index (χ4n) is 2.13. The summed E-state index contributed by atoms with van der Waals surface area (Å²) >= 11 is 13.0. The van der Waals surface area contributed by atoms with Gasteiger partial charge in [0.2, 0.25) is 5.96 Å². The molecule has 0 bridgehead atoms. The molecule has 3 heterocycles. The van der Waals surface area contributed by atoms with Gasteiger partial charge in [0.25, 0.3) is 0 Å². The molecule has 0 aliphatic carbocycles. The summed E-state index contributed by atoms with van der Waals surface area (Å²) in [6, 6.07) is 9.13. The highest BCUT2D eigenvalue weighted by Gasteiger charge is 2.30. The molecule has 1 unspecified atom stereocenters. The number of rotatable bonds is 2. The normalized spacial score (nSPS) is 19.6. The summed E-state index contributed by atoms with van der Waals surface area (Å²) in [5.41, 5.74) is 6.68. The molecule has 0 radical (unpaired) electrons. The molecular weight excluding hydrogens is 387 g/mol. The van der Waals surface area contributed by atoms with Gasteiger partial charge in [-0.25, -0.2) is 9.97 Å². The van der Waals surface area contributed by atoms with Crippen molar-refractivity contribution in [3.05, 3.63) is 41.6 Å². The highest BCUT2D eigenvalue weighted by Crippen LogP contribution is 2.56. The van der Waals surface area contributed by atoms with Crippen molar-refractivity contribution in [2.75, 3.05) is 10.4 Å².